The van der Waals surface area contributed by atoms with Gasteiger partial charge < -0.3 is 9.67 Å². The summed E-state index contributed by atoms with van der Waals surface area (Å²) in [6, 6.07) is 4.19. The van der Waals surface area contributed by atoms with E-state index in [4.69, 9.17) is 4.98 Å². The molecule has 0 saturated heterocycles. The van der Waals surface area contributed by atoms with Gasteiger partial charge in [-0.2, -0.15) is 0 Å². The second-order valence-corrected chi connectivity index (χ2v) is 8.18. The van der Waals surface area contributed by atoms with Crippen molar-refractivity contribution in [2.24, 2.45) is 12.5 Å². The lowest BCUT2D eigenvalue weighted by atomic mass is 9.88. The van der Waals surface area contributed by atoms with Crippen LogP contribution in [0.25, 0.3) is 10.7 Å². The molecule has 0 spiro atoms. The third-order valence-corrected chi connectivity index (χ3v) is 5.37. The molecule has 4 nitrogen and oxygen atoms in total. The van der Waals surface area contributed by atoms with E-state index in [9.17, 15) is 5.11 Å². The number of aliphatic hydroxyl groups excluding tert-OH is 1. The third-order valence-electron chi connectivity index (χ3n) is 4.51. The van der Waals surface area contributed by atoms with E-state index in [0.29, 0.717) is 6.54 Å². The molecule has 0 saturated carbocycles. The molecule has 120 valence electrons. The quantitative estimate of drug-likeness (QED) is 0.946. The second kappa shape index (κ2) is 5.80. The maximum absolute atomic E-state index is 10.3. The van der Waals surface area contributed by atoms with Gasteiger partial charge in [0.25, 0.3) is 0 Å². The summed E-state index contributed by atoms with van der Waals surface area (Å²) in [5.41, 5.74) is 2.43. The molecule has 22 heavy (non-hydrogen) atoms. The fraction of sp³-hybridized carbons (Fsp3) is 0.588. The van der Waals surface area contributed by atoms with Crippen LogP contribution in [-0.2, 0) is 20.0 Å². The summed E-state index contributed by atoms with van der Waals surface area (Å²) in [6.07, 6.45) is 0.690. The lowest BCUT2D eigenvalue weighted by Gasteiger charge is -2.33. The average Bonchev–Trinajstić information content (AvgIpc) is 3.06. The molecule has 2 aromatic rings. The molecule has 1 N–H and O–H groups in total. The van der Waals surface area contributed by atoms with Crippen molar-refractivity contribution in [1.29, 1.82) is 0 Å². The summed E-state index contributed by atoms with van der Waals surface area (Å²) < 4.78 is 2.23. The number of hydrogen-bond acceptors (Lipinski definition) is 4. The number of aliphatic hydroxyl groups is 1. The number of thiophene rings is 1. The molecule has 0 fully saturated rings. The Kier molecular flexibility index (Phi) is 4.14. The molecular formula is C17H25N3OS. The van der Waals surface area contributed by atoms with Crippen molar-refractivity contribution < 1.29 is 5.11 Å². The normalized spacial score (nSPS) is 17.5. The lowest BCUT2D eigenvalue weighted by molar-refractivity contribution is 0.0242. The van der Waals surface area contributed by atoms with Crippen LogP contribution in [0.4, 0.5) is 0 Å². The Morgan fingerprint density at radius 2 is 2.18 bits per heavy atom. The van der Waals surface area contributed by atoms with E-state index in [-0.39, 0.29) is 11.5 Å². The second-order valence-electron chi connectivity index (χ2n) is 7.23. The molecule has 1 aliphatic heterocycles. The number of aromatic nitrogens is 2. The highest BCUT2D eigenvalue weighted by Crippen LogP contribution is 2.29. The number of rotatable bonds is 3. The van der Waals surface area contributed by atoms with Crippen LogP contribution < -0.4 is 0 Å². The van der Waals surface area contributed by atoms with Crippen LogP contribution in [0.1, 0.15) is 32.2 Å². The molecule has 0 unspecified atom stereocenters. The summed E-state index contributed by atoms with van der Waals surface area (Å²) in [6.45, 7) is 8.80. The van der Waals surface area contributed by atoms with Crippen LogP contribution in [-0.4, -0.2) is 38.8 Å². The van der Waals surface area contributed by atoms with Crippen molar-refractivity contribution in [1.82, 2.24) is 14.5 Å². The minimum absolute atomic E-state index is 0.0769. The molecule has 2 aromatic heterocycles. The van der Waals surface area contributed by atoms with E-state index < -0.39 is 0 Å². The van der Waals surface area contributed by atoms with E-state index in [1.807, 2.05) is 0 Å². The van der Waals surface area contributed by atoms with E-state index >= 15 is 0 Å². The fourth-order valence-electron chi connectivity index (χ4n) is 2.88. The number of hydrogen-bond donors (Lipinski definition) is 1. The molecule has 3 heterocycles. The summed E-state index contributed by atoms with van der Waals surface area (Å²) in [7, 11) is 2.11. The Bertz CT molecular complexity index is 640. The topological polar surface area (TPSA) is 41.3 Å². The van der Waals surface area contributed by atoms with Crippen molar-refractivity contribution in [2.45, 2.75) is 39.8 Å². The van der Waals surface area contributed by atoms with Crippen molar-refractivity contribution in [3.8, 4) is 10.7 Å². The zero-order valence-corrected chi connectivity index (χ0v) is 14.7. The number of fused-ring (bicyclic) bond motifs is 1. The first-order valence-corrected chi connectivity index (χ1v) is 8.73. The SMILES string of the molecule is Cn1c(-c2cccs2)nc2c1CCN(C[C@H](O)C(C)(C)C)C2. The van der Waals surface area contributed by atoms with Crippen LogP contribution in [0.2, 0.25) is 0 Å². The van der Waals surface area contributed by atoms with Crippen LogP contribution in [0.5, 0.6) is 0 Å². The van der Waals surface area contributed by atoms with Crippen LogP contribution >= 0.6 is 11.3 Å². The summed E-state index contributed by atoms with van der Waals surface area (Å²) in [5.74, 6) is 1.07. The van der Waals surface area contributed by atoms with Gasteiger partial charge in [-0.15, -0.1) is 11.3 Å². The summed E-state index contributed by atoms with van der Waals surface area (Å²) >= 11 is 1.73. The van der Waals surface area contributed by atoms with Gasteiger partial charge in [-0.05, 0) is 16.9 Å². The fourth-order valence-corrected chi connectivity index (χ4v) is 3.63. The van der Waals surface area contributed by atoms with Crippen LogP contribution in [0, 0.1) is 5.41 Å². The first kappa shape index (κ1) is 15.7. The predicted molar refractivity (Wildman–Crippen MR) is 91.0 cm³/mol. The third kappa shape index (κ3) is 2.98. The molecule has 0 amide bonds. The first-order chi connectivity index (χ1) is 10.4. The Morgan fingerprint density at radius 1 is 1.41 bits per heavy atom. The Hall–Kier alpha value is -1.17. The molecule has 1 atom stereocenters. The van der Waals surface area contributed by atoms with Gasteiger partial charge in [-0.1, -0.05) is 26.8 Å². The van der Waals surface area contributed by atoms with Gasteiger partial charge in [-0.3, -0.25) is 4.90 Å². The average molecular weight is 319 g/mol. The van der Waals surface area contributed by atoms with Crippen LogP contribution in [0.3, 0.4) is 0 Å². The summed E-state index contributed by atoms with van der Waals surface area (Å²) in [5, 5.41) is 12.4. The minimum Gasteiger partial charge on any atom is -0.391 e. The number of β-amino-alcohol motifs (C(OH)–C–C–N with tert-alkyl or cyclic N) is 1. The molecule has 0 bridgehead atoms. The van der Waals surface area contributed by atoms with Gasteiger partial charge in [0.15, 0.2) is 0 Å². The number of imidazole rings is 1. The van der Waals surface area contributed by atoms with E-state index in [0.717, 1.165) is 25.3 Å². The van der Waals surface area contributed by atoms with Crippen molar-refractivity contribution in [3.63, 3.8) is 0 Å². The van der Waals surface area contributed by atoms with Crippen LogP contribution in [0.15, 0.2) is 17.5 Å². The van der Waals surface area contributed by atoms with E-state index in [1.54, 1.807) is 11.3 Å². The van der Waals surface area contributed by atoms with Gasteiger partial charge in [-0.25, -0.2) is 4.98 Å². The Morgan fingerprint density at radius 3 is 2.82 bits per heavy atom. The molecule has 1 aliphatic rings. The van der Waals surface area contributed by atoms with Crippen molar-refractivity contribution >= 4 is 11.3 Å². The van der Waals surface area contributed by atoms with Gasteiger partial charge in [0.1, 0.15) is 5.82 Å². The molecule has 5 heteroatoms. The van der Waals surface area contributed by atoms with Crippen molar-refractivity contribution in [3.05, 3.63) is 28.9 Å². The summed E-state index contributed by atoms with van der Waals surface area (Å²) in [4.78, 5) is 8.41. The Balaban J connectivity index is 1.78. The maximum atomic E-state index is 10.3. The van der Waals surface area contributed by atoms with Gasteiger partial charge in [0.2, 0.25) is 0 Å². The smallest absolute Gasteiger partial charge is 0.150 e. The zero-order valence-electron chi connectivity index (χ0n) is 13.8. The molecule has 0 aromatic carbocycles. The van der Waals surface area contributed by atoms with Gasteiger partial charge >= 0.3 is 0 Å². The van der Waals surface area contributed by atoms with Gasteiger partial charge in [0, 0.05) is 38.8 Å². The zero-order chi connectivity index (χ0) is 15.9. The molecular weight excluding hydrogens is 294 g/mol. The largest absolute Gasteiger partial charge is 0.391 e. The monoisotopic (exact) mass is 319 g/mol. The highest BCUT2D eigenvalue weighted by Gasteiger charge is 2.28. The molecule has 0 radical (unpaired) electrons. The predicted octanol–water partition coefficient (Wildman–Crippen LogP) is 2.91. The lowest BCUT2D eigenvalue weighted by Crippen LogP contribution is -2.42. The first-order valence-electron chi connectivity index (χ1n) is 7.85. The standard InChI is InChI=1S/C17H25N3OS/c1-17(2,3)15(21)11-20-8-7-13-12(10-20)18-16(19(13)4)14-6-5-9-22-14/h5-6,9,15,21H,7-8,10-11H2,1-4H3/t15-/m0/s1. The van der Waals surface area contributed by atoms with E-state index in [2.05, 4.69) is 54.8 Å². The van der Waals surface area contributed by atoms with Crippen molar-refractivity contribution in [2.75, 3.05) is 13.1 Å². The van der Waals surface area contributed by atoms with Gasteiger partial charge in [0.05, 0.1) is 16.7 Å². The number of nitrogens with zero attached hydrogens (tertiary/aromatic N) is 3. The highest BCUT2D eigenvalue weighted by atomic mass is 32.1. The van der Waals surface area contributed by atoms with E-state index in [1.165, 1.54) is 16.3 Å². The molecule has 0 aliphatic carbocycles. The minimum atomic E-state index is -0.311. The highest BCUT2D eigenvalue weighted by molar-refractivity contribution is 7.13. The maximum Gasteiger partial charge on any atom is 0.150 e. The molecule has 3 rings (SSSR count). The Labute approximate surface area is 136 Å².